The van der Waals surface area contributed by atoms with Crippen LogP contribution in [0.15, 0.2) is 59.8 Å². The van der Waals surface area contributed by atoms with Crippen LogP contribution in [0.3, 0.4) is 0 Å². The summed E-state index contributed by atoms with van der Waals surface area (Å²) in [5.74, 6) is 0.382. The van der Waals surface area contributed by atoms with Gasteiger partial charge in [-0.15, -0.1) is 13.1 Å². The smallest absolute Gasteiger partial charge is 0.270 e. The van der Waals surface area contributed by atoms with Gasteiger partial charge in [0.05, 0.1) is 12.2 Å². The maximum Gasteiger partial charge on any atom is 0.270 e. The second-order valence-corrected chi connectivity index (χ2v) is 9.46. The monoisotopic (exact) mass is 441 g/mol. The van der Waals surface area contributed by atoms with Gasteiger partial charge in [-0.1, -0.05) is 23.6 Å². The van der Waals surface area contributed by atoms with Crippen LogP contribution in [0.1, 0.15) is 47.4 Å². The molecule has 1 amide bonds. The van der Waals surface area contributed by atoms with E-state index in [4.69, 9.17) is 5.32 Å². The minimum absolute atomic E-state index is 0.0953. The quantitative estimate of drug-likeness (QED) is 0.476. The van der Waals surface area contributed by atoms with Gasteiger partial charge in [0, 0.05) is 24.7 Å². The molecule has 0 radical (unpaired) electrons. The van der Waals surface area contributed by atoms with Gasteiger partial charge in [0.15, 0.2) is 0 Å². The number of hydrogen-bond acceptors (Lipinski definition) is 4. The molecule has 4 aromatic heterocycles. The lowest BCUT2D eigenvalue weighted by Crippen LogP contribution is -2.27. The Morgan fingerprint density at radius 2 is 2.00 bits per heavy atom. The Morgan fingerprint density at radius 1 is 1.12 bits per heavy atom. The summed E-state index contributed by atoms with van der Waals surface area (Å²) in [6.07, 6.45) is 11.2. The molecule has 1 N–H and O–H groups in total. The van der Waals surface area contributed by atoms with Gasteiger partial charge >= 0.3 is 0 Å². The molecule has 8 heteroatoms. The first-order chi connectivity index (χ1) is 16.1. The van der Waals surface area contributed by atoms with Crippen molar-refractivity contribution in [2.45, 2.75) is 38.8 Å². The summed E-state index contributed by atoms with van der Waals surface area (Å²) in [7, 11) is 0. The third-order valence-electron chi connectivity index (χ3n) is 6.88. The normalized spacial score (nSPS) is 16.8. The molecule has 2 saturated carbocycles. The van der Waals surface area contributed by atoms with Crippen molar-refractivity contribution in [1.29, 1.82) is 0 Å². The van der Waals surface area contributed by atoms with E-state index in [1.165, 1.54) is 36.2 Å². The van der Waals surface area contributed by atoms with Crippen LogP contribution < -0.4 is 10.9 Å². The number of amides is 1. The number of carbonyl (C=O) groups is 1. The number of aromatic nitrogens is 4. The maximum absolute atomic E-state index is 12.6. The molecule has 168 valence electrons. The van der Waals surface area contributed by atoms with Gasteiger partial charge in [0.1, 0.15) is 17.0 Å². The highest BCUT2D eigenvalue weighted by molar-refractivity contribution is 5.92. The molecule has 0 aliphatic heterocycles. The molecule has 33 heavy (non-hydrogen) atoms. The first kappa shape index (κ1) is 20.1. The van der Waals surface area contributed by atoms with E-state index in [-0.39, 0.29) is 17.8 Å². The summed E-state index contributed by atoms with van der Waals surface area (Å²) in [5, 5.41) is 7.58. The van der Waals surface area contributed by atoms with Crippen molar-refractivity contribution in [3.8, 4) is 0 Å². The van der Waals surface area contributed by atoms with Gasteiger partial charge in [-0.2, -0.15) is 0 Å². The lowest BCUT2D eigenvalue weighted by molar-refractivity contribution is 0.0945. The average Bonchev–Trinajstić information content (AvgIpc) is 3.49. The van der Waals surface area contributed by atoms with Crippen molar-refractivity contribution in [3.05, 3.63) is 87.6 Å². The van der Waals surface area contributed by atoms with E-state index in [1.54, 1.807) is 24.4 Å². The first-order valence-electron chi connectivity index (χ1n) is 11.4. The van der Waals surface area contributed by atoms with Crippen LogP contribution in [0.2, 0.25) is 0 Å². The second-order valence-electron chi connectivity index (χ2n) is 9.46. The summed E-state index contributed by atoms with van der Waals surface area (Å²) < 4.78 is 3.37. The average molecular weight is 442 g/mol. The Morgan fingerprint density at radius 3 is 2.85 bits per heavy atom. The Hall–Kier alpha value is -3.52. The molecule has 0 saturated heterocycles. The van der Waals surface area contributed by atoms with Gasteiger partial charge in [0.25, 0.3) is 11.5 Å². The number of nitrogens with one attached hydrogen (secondary N) is 1. The number of rotatable bonds is 7. The van der Waals surface area contributed by atoms with Crippen molar-refractivity contribution < 1.29 is 4.79 Å². The number of nitrogens with zero attached hydrogens (tertiary/aromatic N) is 5. The van der Waals surface area contributed by atoms with E-state index >= 15 is 0 Å². The zero-order chi connectivity index (χ0) is 22.4. The molecule has 0 unspecified atom stereocenters. The van der Waals surface area contributed by atoms with E-state index in [9.17, 15) is 9.59 Å². The van der Waals surface area contributed by atoms with E-state index < -0.39 is 5.91 Å². The minimum atomic E-state index is -0.404. The summed E-state index contributed by atoms with van der Waals surface area (Å²) in [4.78, 5) is 33.6. The van der Waals surface area contributed by atoms with Crippen molar-refractivity contribution >= 4 is 17.2 Å². The van der Waals surface area contributed by atoms with Gasteiger partial charge in [-0.3, -0.25) is 14.0 Å². The predicted molar refractivity (Wildman–Crippen MR) is 124 cm³/mol. The molecule has 6 rings (SSSR count). The fraction of sp³-hybridized carbons (Fsp3) is 0.360. The van der Waals surface area contributed by atoms with Crippen LogP contribution in [0, 0.1) is 11.3 Å². The molecule has 4 aromatic rings. The standard InChI is InChI=1S/C25H25N6O2/c32-23-9-20(29-22-3-1-2-8-31(22)23)24(33)27-14-19-16-30-15-17(4-5-21(30)28-19)12-26-13-18-10-25(11-18)6-7-25/h1-5,8-9,15-16,18H,6-7,10-14H2,(H,27,33)/q-1. The highest BCUT2D eigenvalue weighted by Crippen LogP contribution is 2.63. The van der Waals surface area contributed by atoms with Crippen LogP contribution in [-0.4, -0.2) is 31.2 Å². The Labute approximate surface area is 190 Å². The zero-order valence-electron chi connectivity index (χ0n) is 18.3. The van der Waals surface area contributed by atoms with Crippen LogP contribution in [0.25, 0.3) is 16.6 Å². The lowest BCUT2D eigenvalue weighted by Gasteiger charge is -2.40. The molecule has 4 heterocycles. The molecule has 0 atom stereocenters. The van der Waals surface area contributed by atoms with E-state index in [0.29, 0.717) is 12.2 Å². The van der Waals surface area contributed by atoms with Gasteiger partial charge in [-0.25, -0.2) is 9.97 Å². The largest absolute Gasteiger partial charge is 0.658 e. The number of carbonyl (C=O) groups excluding carboxylic acids is 1. The van der Waals surface area contributed by atoms with Crippen LogP contribution in [-0.2, 0) is 13.1 Å². The van der Waals surface area contributed by atoms with Gasteiger partial charge < -0.3 is 15.0 Å². The minimum Gasteiger partial charge on any atom is -0.658 e. The van der Waals surface area contributed by atoms with E-state index in [2.05, 4.69) is 21.4 Å². The Balaban J connectivity index is 1.07. The van der Waals surface area contributed by atoms with Crippen molar-refractivity contribution in [2.24, 2.45) is 11.3 Å². The fourth-order valence-corrected chi connectivity index (χ4v) is 4.96. The van der Waals surface area contributed by atoms with Crippen LogP contribution in [0.4, 0.5) is 0 Å². The molecular formula is C25H25N6O2-. The summed E-state index contributed by atoms with van der Waals surface area (Å²) >= 11 is 0. The number of fused-ring (bicyclic) bond motifs is 2. The highest BCUT2D eigenvalue weighted by Gasteiger charge is 2.51. The zero-order valence-corrected chi connectivity index (χ0v) is 18.3. The van der Waals surface area contributed by atoms with Crippen molar-refractivity contribution in [1.82, 2.24) is 24.1 Å². The molecule has 0 aromatic carbocycles. The predicted octanol–water partition coefficient (Wildman–Crippen LogP) is 3.34. The van der Waals surface area contributed by atoms with Gasteiger partial charge in [0.2, 0.25) is 0 Å². The van der Waals surface area contributed by atoms with Crippen molar-refractivity contribution in [2.75, 3.05) is 6.54 Å². The fourth-order valence-electron chi connectivity index (χ4n) is 4.96. The topological polar surface area (TPSA) is 94.9 Å². The maximum atomic E-state index is 12.6. The van der Waals surface area contributed by atoms with Crippen LogP contribution >= 0.6 is 0 Å². The van der Waals surface area contributed by atoms with Crippen molar-refractivity contribution in [3.63, 3.8) is 0 Å². The summed E-state index contributed by atoms with van der Waals surface area (Å²) in [6, 6.07) is 10.5. The Bertz CT molecular complexity index is 1410. The number of pyridine rings is 2. The summed E-state index contributed by atoms with van der Waals surface area (Å²) in [6.45, 7) is 1.93. The molecule has 2 fully saturated rings. The van der Waals surface area contributed by atoms with E-state index in [0.717, 1.165) is 34.8 Å². The third kappa shape index (κ3) is 4.02. The third-order valence-corrected chi connectivity index (χ3v) is 6.88. The summed E-state index contributed by atoms with van der Waals surface area (Å²) in [5.41, 5.74) is 3.68. The molecule has 2 aliphatic rings. The molecule has 0 bridgehead atoms. The molecule has 8 nitrogen and oxygen atoms in total. The lowest BCUT2D eigenvalue weighted by atomic mass is 9.72. The number of imidazole rings is 1. The second kappa shape index (κ2) is 7.81. The molecular weight excluding hydrogens is 416 g/mol. The Kier molecular flexibility index (Phi) is 4.76. The van der Waals surface area contributed by atoms with Gasteiger partial charge in [-0.05, 0) is 49.3 Å². The van der Waals surface area contributed by atoms with E-state index in [1.807, 2.05) is 22.9 Å². The first-order valence-corrected chi connectivity index (χ1v) is 11.4. The number of hydrogen-bond donors (Lipinski definition) is 1. The molecule has 1 spiro atoms. The highest BCUT2D eigenvalue weighted by atomic mass is 16.2. The SMILES string of the molecule is O=C(NCc1cn2cc(C[N-]CC3CC4(CC4)C3)ccc2n1)c1cc(=O)n2ccccc2n1. The van der Waals surface area contributed by atoms with Crippen LogP contribution in [0.5, 0.6) is 0 Å². The molecule has 2 aliphatic carbocycles.